The molecule has 0 heterocycles. The van der Waals surface area contributed by atoms with E-state index in [2.05, 4.69) is 18.2 Å². The number of benzene rings is 1. The van der Waals surface area contributed by atoms with Gasteiger partial charge in [-0.3, -0.25) is 10.1 Å². The van der Waals surface area contributed by atoms with Gasteiger partial charge in [-0.2, -0.15) is 0 Å². The maximum Gasteiger partial charge on any atom is 0.318 e. The number of hydrogen-bond acceptors (Lipinski definition) is 3. The normalized spacial score (nSPS) is 10.0. The minimum Gasteiger partial charge on any atom is -0.351 e. The van der Waals surface area contributed by atoms with E-state index in [0.717, 1.165) is 5.75 Å². The molecule has 0 saturated heterocycles. The first kappa shape index (κ1) is 13.6. The molecule has 3 amide bonds. The van der Waals surface area contributed by atoms with Crippen molar-refractivity contribution in [3.63, 3.8) is 0 Å². The number of thioether (sulfide) groups is 1. The second kappa shape index (κ2) is 6.30. The van der Waals surface area contributed by atoms with Crippen molar-refractivity contribution in [2.45, 2.75) is 19.6 Å². The van der Waals surface area contributed by atoms with Gasteiger partial charge < -0.3 is 5.73 Å². The Bertz CT molecular complexity index is 433. The molecule has 0 aliphatic carbocycles. The van der Waals surface area contributed by atoms with Crippen molar-refractivity contribution in [1.82, 2.24) is 5.32 Å². The zero-order chi connectivity index (χ0) is 12.8. The molecule has 0 aliphatic rings. The molecule has 92 valence electrons. The fourth-order valence-electron chi connectivity index (χ4n) is 1.38. The van der Waals surface area contributed by atoms with Gasteiger partial charge in [0.25, 0.3) is 0 Å². The van der Waals surface area contributed by atoms with E-state index in [0.29, 0.717) is 0 Å². The summed E-state index contributed by atoms with van der Waals surface area (Å²) in [4.78, 5) is 21.6. The van der Waals surface area contributed by atoms with Crippen LogP contribution in [0.1, 0.15) is 16.7 Å². The smallest absolute Gasteiger partial charge is 0.318 e. The average Bonchev–Trinajstić information content (AvgIpc) is 2.22. The SMILES string of the molecule is Cc1ccc(C)c(CSCC(=O)NC(N)=O)c1. The average molecular weight is 252 g/mol. The Morgan fingerprint density at radius 3 is 2.71 bits per heavy atom. The maximum atomic E-state index is 11.2. The Morgan fingerprint density at radius 1 is 1.35 bits per heavy atom. The van der Waals surface area contributed by atoms with Crippen molar-refractivity contribution in [2.75, 3.05) is 5.75 Å². The Kier molecular flexibility index (Phi) is 5.03. The van der Waals surface area contributed by atoms with Gasteiger partial charge in [0.05, 0.1) is 5.75 Å². The van der Waals surface area contributed by atoms with Gasteiger partial charge in [0.15, 0.2) is 0 Å². The molecular weight excluding hydrogens is 236 g/mol. The molecule has 17 heavy (non-hydrogen) atoms. The Balaban J connectivity index is 2.43. The lowest BCUT2D eigenvalue weighted by Crippen LogP contribution is -2.36. The van der Waals surface area contributed by atoms with Crippen LogP contribution in [0.25, 0.3) is 0 Å². The van der Waals surface area contributed by atoms with E-state index in [1.807, 2.05) is 19.2 Å². The third-order valence-electron chi connectivity index (χ3n) is 2.26. The van der Waals surface area contributed by atoms with Gasteiger partial charge in [-0.25, -0.2) is 4.79 Å². The monoisotopic (exact) mass is 252 g/mol. The largest absolute Gasteiger partial charge is 0.351 e. The quantitative estimate of drug-likeness (QED) is 0.857. The maximum absolute atomic E-state index is 11.2. The summed E-state index contributed by atoms with van der Waals surface area (Å²) in [7, 11) is 0. The molecule has 1 aromatic rings. The van der Waals surface area contributed by atoms with Gasteiger partial charge >= 0.3 is 6.03 Å². The molecule has 1 aromatic carbocycles. The Hall–Kier alpha value is -1.49. The molecule has 0 spiro atoms. The van der Waals surface area contributed by atoms with E-state index in [1.54, 1.807) is 0 Å². The number of amides is 3. The molecule has 3 N–H and O–H groups in total. The highest BCUT2D eigenvalue weighted by Crippen LogP contribution is 2.17. The second-order valence-corrected chi connectivity index (χ2v) is 4.82. The minimum atomic E-state index is -0.803. The molecular formula is C12H16N2O2S. The molecule has 0 radical (unpaired) electrons. The number of carbonyl (C=O) groups excluding carboxylic acids is 2. The van der Waals surface area contributed by atoms with Crippen LogP contribution in [0.3, 0.4) is 0 Å². The van der Waals surface area contributed by atoms with Crippen molar-refractivity contribution >= 4 is 23.7 Å². The van der Waals surface area contributed by atoms with Crippen LogP contribution in [-0.4, -0.2) is 17.7 Å². The first-order valence-corrected chi connectivity index (χ1v) is 6.37. The first-order valence-electron chi connectivity index (χ1n) is 5.22. The standard InChI is InChI=1S/C12H16N2O2S/c1-8-3-4-9(2)10(5-8)6-17-7-11(15)14-12(13)16/h3-5H,6-7H2,1-2H3,(H3,13,14,15,16). The number of carbonyl (C=O) groups is 2. The first-order chi connectivity index (χ1) is 7.99. The summed E-state index contributed by atoms with van der Waals surface area (Å²) in [5.41, 5.74) is 8.46. The number of hydrogen-bond donors (Lipinski definition) is 2. The number of nitrogens with one attached hydrogen (secondary N) is 1. The van der Waals surface area contributed by atoms with Gasteiger partial charge in [-0.15, -0.1) is 11.8 Å². The van der Waals surface area contributed by atoms with Gasteiger partial charge in [0.1, 0.15) is 0 Å². The van der Waals surface area contributed by atoms with Crippen LogP contribution in [0.4, 0.5) is 4.79 Å². The number of primary amides is 1. The number of rotatable bonds is 4. The van der Waals surface area contributed by atoms with E-state index in [1.165, 1.54) is 28.5 Å². The highest BCUT2D eigenvalue weighted by atomic mass is 32.2. The van der Waals surface area contributed by atoms with Crippen LogP contribution >= 0.6 is 11.8 Å². The van der Waals surface area contributed by atoms with E-state index in [9.17, 15) is 9.59 Å². The minimum absolute atomic E-state index is 0.232. The van der Waals surface area contributed by atoms with Crippen molar-refractivity contribution in [3.05, 3.63) is 34.9 Å². The van der Waals surface area contributed by atoms with Crippen LogP contribution in [0, 0.1) is 13.8 Å². The third-order valence-corrected chi connectivity index (χ3v) is 3.24. The van der Waals surface area contributed by atoms with E-state index < -0.39 is 6.03 Å². The van der Waals surface area contributed by atoms with Crippen molar-refractivity contribution in [3.8, 4) is 0 Å². The molecule has 0 saturated carbocycles. The molecule has 0 aromatic heterocycles. The molecule has 0 atom stereocenters. The second-order valence-electron chi connectivity index (χ2n) is 3.84. The number of imide groups is 1. The van der Waals surface area contributed by atoms with Crippen LogP contribution < -0.4 is 11.1 Å². The molecule has 0 bridgehead atoms. The molecule has 5 heteroatoms. The summed E-state index contributed by atoms with van der Waals surface area (Å²) in [6, 6.07) is 5.43. The lowest BCUT2D eigenvalue weighted by Gasteiger charge is -2.06. The number of aryl methyl sites for hydroxylation is 2. The summed E-state index contributed by atoms with van der Waals surface area (Å²) in [6.45, 7) is 4.08. The fourth-order valence-corrected chi connectivity index (χ4v) is 2.27. The van der Waals surface area contributed by atoms with E-state index in [-0.39, 0.29) is 11.7 Å². The highest BCUT2D eigenvalue weighted by molar-refractivity contribution is 7.99. The van der Waals surface area contributed by atoms with Crippen LogP contribution in [0.15, 0.2) is 18.2 Å². The topological polar surface area (TPSA) is 72.2 Å². The van der Waals surface area contributed by atoms with Crippen LogP contribution in [0.5, 0.6) is 0 Å². The number of urea groups is 1. The summed E-state index contributed by atoms with van der Waals surface area (Å²) in [5, 5.41) is 2.03. The lowest BCUT2D eigenvalue weighted by molar-refractivity contribution is -0.117. The van der Waals surface area contributed by atoms with Gasteiger partial charge in [0, 0.05) is 5.75 Å². The molecule has 4 nitrogen and oxygen atoms in total. The lowest BCUT2D eigenvalue weighted by atomic mass is 10.1. The Morgan fingerprint density at radius 2 is 2.06 bits per heavy atom. The number of nitrogens with two attached hydrogens (primary N) is 1. The van der Waals surface area contributed by atoms with Gasteiger partial charge in [-0.05, 0) is 25.0 Å². The van der Waals surface area contributed by atoms with E-state index in [4.69, 9.17) is 5.73 Å². The predicted molar refractivity (Wildman–Crippen MR) is 69.8 cm³/mol. The zero-order valence-corrected chi connectivity index (χ0v) is 10.8. The molecule has 1 rings (SSSR count). The summed E-state index contributed by atoms with van der Waals surface area (Å²) >= 11 is 1.46. The van der Waals surface area contributed by atoms with E-state index >= 15 is 0 Å². The third kappa shape index (κ3) is 4.91. The summed E-state index contributed by atoms with van der Waals surface area (Å²) in [5.74, 6) is 0.628. The predicted octanol–water partition coefficient (Wildman–Crippen LogP) is 1.73. The van der Waals surface area contributed by atoms with Crippen molar-refractivity contribution in [2.24, 2.45) is 5.73 Å². The van der Waals surface area contributed by atoms with Crippen LogP contribution in [-0.2, 0) is 10.5 Å². The summed E-state index contributed by atoms with van der Waals surface area (Å²) < 4.78 is 0. The van der Waals surface area contributed by atoms with Crippen molar-refractivity contribution in [1.29, 1.82) is 0 Å². The Labute approximate surface area is 105 Å². The van der Waals surface area contributed by atoms with Crippen molar-refractivity contribution < 1.29 is 9.59 Å². The molecule has 0 fully saturated rings. The molecule has 0 unspecified atom stereocenters. The highest BCUT2D eigenvalue weighted by Gasteiger charge is 2.05. The fraction of sp³-hybridized carbons (Fsp3) is 0.333. The summed E-state index contributed by atoms with van der Waals surface area (Å²) in [6.07, 6.45) is 0. The van der Waals surface area contributed by atoms with Gasteiger partial charge in [-0.1, -0.05) is 23.8 Å². The molecule has 0 aliphatic heterocycles. The van der Waals surface area contributed by atoms with Crippen LogP contribution in [0.2, 0.25) is 0 Å². The van der Waals surface area contributed by atoms with Gasteiger partial charge in [0.2, 0.25) is 5.91 Å². The zero-order valence-electron chi connectivity index (χ0n) is 9.95.